The molecule has 2 heterocycles. The number of esters is 1. The predicted octanol–water partition coefficient (Wildman–Crippen LogP) is 2.74. The van der Waals surface area contributed by atoms with Gasteiger partial charge in [-0.15, -0.1) is 0 Å². The highest BCUT2D eigenvalue weighted by Gasteiger charge is 2.24. The van der Waals surface area contributed by atoms with E-state index in [-0.39, 0.29) is 27.4 Å². The molecule has 0 saturated carbocycles. The number of carbonyl (C=O) groups excluding carboxylic acids is 1. The minimum absolute atomic E-state index is 0.0716. The Balaban J connectivity index is 2.33. The van der Waals surface area contributed by atoms with Gasteiger partial charge in [-0.05, 0) is 44.2 Å². The maximum atomic E-state index is 13.1. The zero-order valence-electron chi connectivity index (χ0n) is 14.4. The van der Waals surface area contributed by atoms with E-state index in [2.05, 4.69) is 0 Å². The zero-order chi connectivity index (χ0) is 18.9. The second kappa shape index (κ2) is 6.76. The molecule has 0 bridgehead atoms. The van der Waals surface area contributed by atoms with Gasteiger partial charge in [0.25, 0.3) is 0 Å². The van der Waals surface area contributed by atoms with E-state index in [1.54, 1.807) is 43.5 Å². The number of ether oxygens (including phenoxy) is 1. The van der Waals surface area contributed by atoms with Crippen LogP contribution >= 0.6 is 0 Å². The lowest BCUT2D eigenvalue weighted by Gasteiger charge is -2.12. The normalized spacial score (nSPS) is 11.5. The number of hydrogen-bond donors (Lipinski definition) is 1. The van der Waals surface area contributed by atoms with Crippen molar-refractivity contribution >= 4 is 21.3 Å². The molecule has 0 aliphatic carbocycles. The van der Waals surface area contributed by atoms with Crippen LogP contribution in [0.3, 0.4) is 0 Å². The van der Waals surface area contributed by atoms with Crippen LogP contribution in [-0.4, -0.2) is 25.4 Å². The number of rotatable bonds is 4. The first kappa shape index (κ1) is 17.9. The smallest absolute Gasteiger partial charge is 0.340 e. The predicted molar refractivity (Wildman–Crippen MR) is 95.8 cm³/mol. The number of nitrogens with one attached hydrogen (secondary N) is 1. The first-order valence-electron chi connectivity index (χ1n) is 8.04. The Morgan fingerprint density at radius 1 is 1.15 bits per heavy atom. The summed E-state index contributed by atoms with van der Waals surface area (Å²) in [5.41, 5.74) is 1.23. The average Bonchev–Trinajstić information content (AvgIpc) is 2.62. The van der Waals surface area contributed by atoms with Crippen LogP contribution in [0.25, 0.3) is 5.52 Å². The number of aryl methyl sites for hydroxylation is 1. The molecule has 0 amide bonds. The van der Waals surface area contributed by atoms with E-state index in [0.717, 1.165) is 5.56 Å². The molecule has 26 heavy (non-hydrogen) atoms. The topological polar surface area (TPSA) is 88.7 Å². The highest BCUT2D eigenvalue weighted by atomic mass is 32.2. The van der Waals surface area contributed by atoms with Crippen molar-refractivity contribution < 1.29 is 17.9 Å². The van der Waals surface area contributed by atoms with E-state index in [4.69, 9.17) is 10.1 Å². The third kappa shape index (κ3) is 3.01. The minimum Gasteiger partial charge on any atom is -0.462 e. The SMILES string of the molecule is CCOC(=O)c1cc(S(=O)(=O)c2ccc(C)cc2)c(=N)n2ccccc12. The number of benzene rings is 1. The first-order valence-corrected chi connectivity index (χ1v) is 9.52. The number of carbonyl (C=O) groups is 1. The molecular weight excluding hydrogens is 352 g/mol. The Morgan fingerprint density at radius 3 is 2.50 bits per heavy atom. The van der Waals surface area contributed by atoms with Gasteiger partial charge in [0.1, 0.15) is 10.4 Å². The van der Waals surface area contributed by atoms with Crippen molar-refractivity contribution in [3.05, 3.63) is 71.3 Å². The van der Waals surface area contributed by atoms with Crippen LogP contribution in [-0.2, 0) is 14.6 Å². The van der Waals surface area contributed by atoms with Gasteiger partial charge < -0.3 is 9.14 Å². The van der Waals surface area contributed by atoms with E-state index in [1.165, 1.54) is 22.6 Å². The van der Waals surface area contributed by atoms with Gasteiger partial charge in [-0.25, -0.2) is 13.2 Å². The fourth-order valence-corrected chi connectivity index (χ4v) is 4.05. The Hall–Kier alpha value is -2.93. The quantitative estimate of drug-likeness (QED) is 0.715. The lowest BCUT2D eigenvalue weighted by molar-refractivity contribution is 0.0528. The maximum Gasteiger partial charge on any atom is 0.340 e. The molecule has 0 fully saturated rings. The van der Waals surface area contributed by atoms with Crippen molar-refractivity contribution in [1.82, 2.24) is 4.40 Å². The molecule has 0 atom stereocenters. The number of aromatic nitrogens is 1. The monoisotopic (exact) mass is 370 g/mol. The molecule has 0 radical (unpaired) electrons. The molecule has 134 valence electrons. The highest BCUT2D eigenvalue weighted by Crippen LogP contribution is 2.22. The number of sulfone groups is 1. The van der Waals surface area contributed by atoms with E-state index >= 15 is 0 Å². The molecular formula is C19H18N2O4S. The molecule has 3 rings (SSSR count). The minimum atomic E-state index is -3.96. The van der Waals surface area contributed by atoms with Gasteiger partial charge >= 0.3 is 5.97 Å². The molecule has 0 unspecified atom stereocenters. The molecule has 1 aromatic carbocycles. The number of fused-ring (bicyclic) bond motifs is 1. The van der Waals surface area contributed by atoms with Gasteiger partial charge in [-0.1, -0.05) is 23.8 Å². The van der Waals surface area contributed by atoms with Gasteiger partial charge in [-0.3, -0.25) is 5.41 Å². The Bertz CT molecular complexity index is 1150. The molecule has 2 aromatic heterocycles. The second-order valence-corrected chi connectivity index (χ2v) is 7.68. The summed E-state index contributed by atoms with van der Waals surface area (Å²) in [5.74, 6) is -0.628. The summed E-state index contributed by atoms with van der Waals surface area (Å²) in [7, 11) is -3.96. The molecule has 0 aliphatic heterocycles. The molecule has 6 nitrogen and oxygen atoms in total. The van der Waals surface area contributed by atoms with E-state index in [9.17, 15) is 13.2 Å². The fourth-order valence-electron chi connectivity index (χ4n) is 2.67. The van der Waals surface area contributed by atoms with Crippen molar-refractivity contribution in [2.45, 2.75) is 23.6 Å². The Morgan fingerprint density at radius 2 is 1.85 bits per heavy atom. The molecule has 1 N–H and O–H groups in total. The van der Waals surface area contributed by atoms with E-state index in [0.29, 0.717) is 5.52 Å². The Labute approximate surface area is 151 Å². The van der Waals surface area contributed by atoms with E-state index in [1.807, 2.05) is 6.92 Å². The molecule has 3 aromatic rings. The largest absolute Gasteiger partial charge is 0.462 e. The summed E-state index contributed by atoms with van der Waals surface area (Å²) in [4.78, 5) is 12.2. The van der Waals surface area contributed by atoms with Crippen LogP contribution in [0.5, 0.6) is 0 Å². The van der Waals surface area contributed by atoms with Gasteiger partial charge in [0, 0.05) is 6.20 Å². The summed E-state index contributed by atoms with van der Waals surface area (Å²) < 4.78 is 32.5. The maximum absolute atomic E-state index is 13.1. The summed E-state index contributed by atoms with van der Waals surface area (Å²) in [6, 6.07) is 12.6. The average molecular weight is 370 g/mol. The standard InChI is InChI=1S/C19H18N2O4S/c1-3-25-19(22)15-12-17(18(20)21-11-5-4-6-16(15)21)26(23,24)14-9-7-13(2)8-10-14/h4-12,20H,3H2,1-2H3. The van der Waals surface area contributed by atoms with Crippen LogP contribution in [0.1, 0.15) is 22.8 Å². The molecule has 0 aliphatic rings. The van der Waals surface area contributed by atoms with Gasteiger partial charge in [0.05, 0.1) is 22.6 Å². The van der Waals surface area contributed by atoms with Crippen LogP contribution in [0.4, 0.5) is 0 Å². The van der Waals surface area contributed by atoms with E-state index < -0.39 is 15.8 Å². The van der Waals surface area contributed by atoms with Gasteiger partial charge in [0.15, 0.2) is 0 Å². The summed E-state index contributed by atoms with van der Waals surface area (Å²) in [5, 5.41) is 8.36. The van der Waals surface area contributed by atoms with Crippen LogP contribution < -0.4 is 5.49 Å². The highest BCUT2D eigenvalue weighted by molar-refractivity contribution is 7.91. The van der Waals surface area contributed by atoms with Crippen molar-refractivity contribution in [3.8, 4) is 0 Å². The zero-order valence-corrected chi connectivity index (χ0v) is 15.2. The van der Waals surface area contributed by atoms with Crippen molar-refractivity contribution in [1.29, 1.82) is 5.41 Å². The number of pyridine rings is 2. The van der Waals surface area contributed by atoms with Gasteiger partial charge in [0.2, 0.25) is 9.84 Å². The lowest BCUT2D eigenvalue weighted by atomic mass is 10.2. The fraction of sp³-hybridized carbons (Fsp3) is 0.158. The van der Waals surface area contributed by atoms with Crippen LogP contribution in [0, 0.1) is 12.3 Å². The van der Waals surface area contributed by atoms with Gasteiger partial charge in [-0.2, -0.15) is 0 Å². The lowest BCUT2D eigenvalue weighted by Crippen LogP contribution is -2.24. The van der Waals surface area contributed by atoms with Crippen molar-refractivity contribution in [2.24, 2.45) is 0 Å². The van der Waals surface area contributed by atoms with Crippen molar-refractivity contribution in [2.75, 3.05) is 6.61 Å². The summed E-state index contributed by atoms with van der Waals surface area (Å²) in [6.45, 7) is 3.70. The molecule has 0 saturated heterocycles. The third-order valence-electron chi connectivity index (χ3n) is 4.00. The first-order chi connectivity index (χ1) is 12.4. The molecule has 0 spiro atoms. The number of nitrogens with zero attached hydrogens (tertiary/aromatic N) is 1. The second-order valence-electron chi connectivity index (χ2n) is 5.76. The number of hydrogen-bond acceptors (Lipinski definition) is 5. The molecule has 7 heteroatoms. The van der Waals surface area contributed by atoms with Crippen molar-refractivity contribution in [3.63, 3.8) is 0 Å². The summed E-state index contributed by atoms with van der Waals surface area (Å²) >= 11 is 0. The third-order valence-corrected chi connectivity index (χ3v) is 5.78. The summed E-state index contributed by atoms with van der Waals surface area (Å²) in [6.07, 6.45) is 1.55. The van der Waals surface area contributed by atoms with Crippen LogP contribution in [0.2, 0.25) is 0 Å². The van der Waals surface area contributed by atoms with Crippen LogP contribution in [0.15, 0.2) is 64.5 Å². The Kier molecular flexibility index (Phi) is 4.65.